The molecule has 0 aliphatic carbocycles. The first-order valence-corrected chi connectivity index (χ1v) is 10.7. The molecule has 1 unspecified atom stereocenters. The quantitative estimate of drug-likeness (QED) is 0.460. The van der Waals surface area contributed by atoms with E-state index < -0.39 is 38.5 Å². The molecule has 10 heteroatoms. The molecule has 0 radical (unpaired) electrons. The van der Waals surface area contributed by atoms with Crippen LogP contribution >= 0.6 is 11.6 Å². The molecule has 0 spiro atoms. The number of benzene rings is 2. The van der Waals surface area contributed by atoms with Crippen molar-refractivity contribution in [2.75, 3.05) is 10.0 Å². The molecule has 3 rings (SSSR count). The molecule has 0 fully saturated rings. The maximum Gasteiger partial charge on any atom is 0.266 e. The van der Waals surface area contributed by atoms with E-state index in [9.17, 15) is 21.6 Å². The fourth-order valence-electron chi connectivity index (χ4n) is 2.85. The van der Waals surface area contributed by atoms with Crippen molar-refractivity contribution in [3.05, 3.63) is 82.8 Å². The summed E-state index contributed by atoms with van der Waals surface area (Å²) in [6.45, 7) is 1.81. The molecule has 2 N–H and O–H groups in total. The van der Waals surface area contributed by atoms with Crippen LogP contribution in [0.2, 0.25) is 5.02 Å². The van der Waals surface area contributed by atoms with Gasteiger partial charge in [0.15, 0.2) is 0 Å². The predicted molar refractivity (Wildman–Crippen MR) is 109 cm³/mol. The van der Waals surface area contributed by atoms with Crippen LogP contribution in [-0.2, 0) is 10.0 Å². The van der Waals surface area contributed by atoms with Gasteiger partial charge in [-0.3, -0.25) is 4.72 Å². The molecule has 5 nitrogen and oxygen atoms in total. The zero-order chi connectivity index (χ0) is 21.9. The van der Waals surface area contributed by atoms with Crippen molar-refractivity contribution in [3.8, 4) is 0 Å². The fourth-order valence-corrected chi connectivity index (χ4v) is 4.22. The van der Waals surface area contributed by atoms with Crippen molar-refractivity contribution in [2.24, 2.45) is 0 Å². The molecule has 30 heavy (non-hydrogen) atoms. The fraction of sp³-hybridized carbons (Fsp3) is 0.150. The number of nitrogens with zero attached hydrogens (tertiary/aromatic N) is 1. The summed E-state index contributed by atoms with van der Waals surface area (Å²) in [6, 6.07) is 11.0. The molecule has 0 saturated carbocycles. The Morgan fingerprint density at radius 1 is 1.03 bits per heavy atom. The lowest BCUT2D eigenvalue weighted by molar-refractivity contribution is 0.569. The van der Waals surface area contributed by atoms with E-state index in [1.54, 1.807) is 18.2 Å². The largest absolute Gasteiger partial charge is 0.377 e. The van der Waals surface area contributed by atoms with Crippen molar-refractivity contribution < 1.29 is 21.6 Å². The Labute approximate surface area is 177 Å². The van der Waals surface area contributed by atoms with E-state index in [1.807, 2.05) is 11.6 Å². The van der Waals surface area contributed by atoms with Crippen LogP contribution in [0.3, 0.4) is 0 Å². The molecule has 0 aliphatic heterocycles. The second-order valence-electron chi connectivity index (χ2n) is 6.34. The van der Waals surface area contributed by atoms with Gasteiger partial charge in [-0.05, 0) is 36.8 Å². The normalized spacial score (nSPS) is 12.4. The second-order valence-corrected chi connectivity index (χ2v) is 8.40. The van der Waals surface area contributed by atoms with Gasteiger partial charge in [0.1, 0.15) is 22.3 Å². The Morgan fingerprint density at radius 2 is 1.77 bits per heavy atom. The van der Waals surface area contributed by atoms with Crippen molar-refractivity contribution in [3.63, 3.8) is 0 Å². The van der Waals surface area contributed by atoms with Gasteiger partial charge in [0.05, 0.1) is 16.8 Å². The van der Waals surface area contributed by atoms with Crippen LogP contribution in [0.15, 0.2) is 59.5 Å². The standard InChI is InChI=1S/C20H17ClF3N3O2S/c1-2-16(12-6-3-4-7-14(12)22)25-17-11-15(23)18(10-13(17)21)30(28,29)27-20-9-5-8-19(24)26-20/h3-11,16,25H,2H2,1H3,(H,26,27). The maximum absolute atomic E-state index is 14.7. The summed E-state index contributed by atoms with van der Waals surface area (Å²) in [5.74, 6) is -2.72. The highest BCUT2D eigenvalue weighted by molar-refractivity contribution is 7.92. The molecular formula is C20H17ClF3N3O2S. The van der Waals surface area contributed by atoms with Crippen LogP contribution in [0.5, 0.6) is 0 Å². The summed E-state index contributed by atoms with van der Waals surface area (Å²) in [7, 11) is -4.42. The average molecular weight is 456 g/mol. The van der Waals surface area contributed by atoms with E-state index in [0.29, 0.717) is 12.0 Å². The molecule has 1 atom stereocenters. The number of halogens is 4. The Balaban J connectivity index is 1.90. The lowest BCUT2D eigenvalue weighted by Crippen LogP contribution is -2.17. The number of rotatable bonds is 7. The Bertz CT molecular complexity index is 1180. The van der Waals surface area contributed by atoms with Gasteiger partial charge in [0.25, 0.3) is 10.0 Å². The van der Waals surface area contributed by atoms with Gasteiger partial charge in [0.2, 0.25) is 5.95 Å². The number of anilines is 2. The van der Waals surface area contributed by atoms with Crippen LogP contribution in [0.4, 0.5) is 24.7 Å². The molecule has 0 aliphatic rings. The molecule has 1 aromatic heterocycles. The molecule has 158 valence electrons. The van der Waals surface area contributed by atoms with E-state index in [-0.39, 0.29) is 16.5 Å². The minimum Gasteiger partial charge on any atom is -0.377 e. The number of pyridine rings is 1. The predicted octanol–water partition coefficient (Wildman–Crippen LogP) is 5.52. The topological polar surface area (TPSA) is 71.1 Å². The molecule has 0 bridgehead atoms. The number of aromatic nitrogens is 1. The van der Waals surface area contributed by atoms with Crippen molar-refractivity contribution >= 4 is 33.1 Å². The second kappa shape index (κ2) is 8.93. The monoisotopic (exact) mass is 455 g/mol. The van der Waals surface area contributed by atoms with Crippen LogP contribution < -0.4 is 10.0 Å². The van der Waals surface area contributed by atoms with Gasteiger partial charge >= 0.3 is 0 Å². The van der Waals surface area contributed by atoms with Crippen LogP contribution in [0.25, 0.3) is 0 Å². The molecule has 0 amide bonds. The number of hydrogen-bond acceptors (Lipinski definition) is 4. The summed E-state index contributed by atoms with van der Waals surface area (Å²) >= 11 is 6.17. The van der Waals surface area contributed by atoms with E-state index >= 15 is 0 Å². The SMILES string of the molecule is CCC(Nc1cc(F)c(S(=O)(=O)Nc2cccc(F)n2)cc1Cl)c1ccccc1F. The Morgan fingerprint density at radius 3 is 2.43 bits per heavy atom. The van der Waals surface area contributed by atoms with Crippen LogP contribution in [-0.4, -0.2) is 13.4 Å². The minimum absolute atomic E-state index is 0.0845. The van der Waals surface area contributed by atoms with E-state index in [2.05, 4.69) is 10.3 Å². The highest BCUT2D eigenvalue weighted by Gasteiger charge is 2.23. The third kappa shape index (κ3) is 4.85. The minimum atomic E-state index is -4.42. The van der Waals surface area contributed by atoms with Crippen LogP contribution in [0.1, 0.15) is 24.9 Å². The third-order valence-electron chi connectivity index (χ3n) is 4.28. The number of sulfonamides is 1. The van der Waals surface area contributed by atoms with Gasteiger partial charge in [-0.2, -0.15) is 4.39 Å². The van der Waals surface area contributed by atoms with Crippen molar-refractivity contribution in [1.82, 2.24) is 4.98 Å². The summed E-state index contributed by atoms with van der Waals surface area (Å²) < 4.78 is 68.9. The van der Waals surface area contributed by atoms with Gasteiger partial charge in [0, 0.05) is 5.56 Å². The Kier molecular flexibility index (Phi) is 6.52. The number of hydrogen-bond donors (Lipinski definition) is 2. The lowest BCUT2D eigenvalue weighted by Gasteiger charge is -2.21. The van der Waals surface area contributed by atoms with Gasteiger partial charge in [-0.15, -0.1) is 0 Å². The highest BCUT2D eigenvalue weighted by Crippen LogP contribution is 2.33. The summed E-state index contributed by atoms with van der Waals surface area (Å²) in [6.07, 6.45) is 0.464. The van der Waals surface area contributed by atoms with Crippen molar-refractivity contribution in [1.29, 1.82) is 0 Å². The molecule has 0 saturated heterocycles. The van der Waals surface area contributed by atoms with Gasteiger partial charge < -0.3 is 5.32 Å². The van der Waals surface area contributed by atoms with Crippen LogP contribution in [0, 0.1) is 17.6 Å². The zero-order valence-electron chi connectivity index (χ0n) is 15.7. The van der Waals surface area contributed by atoms with E-state index in [0.717, 1.165) is 18.2 Å². The van der Waals surface area contributed by atoms with Gasteiger partial charge in [-0.1, -0.05) is 42.8 Å². The summed E-state index contributed by atoms with van der Waals surface area (Å²) in [5.41, 5.74) is 0.471. The molecule has 1 heterocycles. The molecule has 2 aromatic carbocycles. The first kappa shape index (κ1) is 21.9. The lowest BCUT2D eigenvalue weighted by atomic mass is 10.0. The zero-order valence-corrected chi connectivity index (χ0v) is 17.2. The van der Waals surface area contributed by atoms with E-state index in [4.69, 9.17) is 11.6 Å². The van der Waals surface area contributed by atoms with E-state index in [1.165, 1.54) is 18.2 Å². The first-order chi connectivity index (χ1) is 14.2. The first-order valence-electron chi connectivity index (χ1n) is 8.86. The molecule has 3 aromatic rings. The van der Waals surface area contributed by atoms with Crippen molar-refractivity contribution in [2.45, 2.75) is 24.3 Å². The smallest absolute Gasteiger partial charge is 0.266 e. The highest BCUT2D eigenvalue weighted by atomic mass is 35.5. The third-order valence-corrected chi connectivity index (χ3v) is 5.97. The summed E-state index contributed by atoms with van der Waals surface area (Å²) in [5, 5.41) is 2.86. The number of nitrogens with one attached hydrogen (secondary N) is 2. The average Bonchev–Trinajstić information content (AvgIpc) is 2.68. The Hall–Kier alpha value is -2.78. The summed E-state index contributed by atoms with van der Waals surface area (Å²) in [4.78, 5) is 2.65. The molecular weight excluding hydrogens is 439 g/mol. The maximum atomic E-state index is 14.7. The van der Waals surface area contributed by atoms with Gasteiger partial charge in [-0.25, -0.2) is 22.2 Å².